The number of nitrogens with one attached hydrogen (secondary N) is 2. The van der Waals surface area contributed by atoms with Gasteiger partial charge in [-0.1, -0.05) is 32.4 Å². The fraction of sp³-hybridized carbons (Fsp3) is 0.634. The van der Waals surface area contributed by atoms with Crippen LogP contribution in [0.15, 0.2) is 36.5 Å². The highest BCUT2D eigenvalue weighted by atomic mass is 32.2. The Labute approximate surface area is 342 Å². The number of fused-ring (bicyclic) bond motifs is 3. The first-order chi connectivity index (χ1) is 27.7. The lowest BCUT2D eigenvalue weighted by atomic mass is 9.82. The highest BCUT2D eigenvalue weighted by Crippen LogP contribution is 2.48. The van der Waals surface area contributed by atoms with Gasteiger partial charge in [0.1, 0.15) is 29.3 Å². The smallest absolute Gasteiger partial charge is 0.408 e. The van der Waals surface area contributed by atoms with Gasteiger partial charge in [0.2, 0.25) is 27.7 Å². The molecule has 4 amide bonds. The quantitative estimate of drug-likeness (QED) is 0.234. The largest absolute Gasteiger partial charge is 0.491 e. The van der Waals surface area contributed by atoms with Gasteiger partial charge in [0, 0.05) is 23.9 Å². The number of ether oxygens (including phenoxy) is 2. The molecule has 0 unspecified atom stereocenters. The Morgan fingerprint density at radius 1 is 1.19 bits per heavy atom. The minimum absolute atomic E-state index is 0.0111. The van der Waals surface area contributed by atoms with Gasteiger partial charge < -0.3 is 24.8 Å². The van der Waals surface area contributed by atoms with E-state index in [0.29, 0.717) is 36.0 Å². The molecule has 0 spiro atoms. The summed E-state index contributed by atoms with van der Waals surface area (Å²) in [6.07, 6.45) is 1.23. The Morgan fingerprint density at radius 3 is 2.53 bits per heavy atom. The molecular formula is C41H54F3N5O9S. The van der Waals surface area contributed by atoms with Crippen LogP contribution in [0.5, 0.6) is 11.6 Å². The molecule has 2 aliphatic carbocycles. The number of halogens is 3. The molecule has 2 saturated carbocycles. The second-order valence-corrected chi connectivity index (χ2v) is 19.5. The first kappa shape index (κ1) is 44.0. The number of carbonyl (C=O) groups excluding carboxylic acids is 3. The zero-order valence-corrected chi connectivity index (χ0v) is 35.0. The molecule has 1 saturated heterocycles. The van der Waals surface area contributed by atoms with Crippen molar-refractivity contribution in [3.05, 3.63) is 42.4 Å². The van der Waals surface area contributed by atoms with Crippen molar-refractivity contribution >= 4 is 44.6 Å². The molecule has 2 aromatic rings. The van der Waals surface area contributed by atoms with Gasteiger partial charge in [-0.05, 0) is 102 Å². The molecule has 6 rings (SSSR count). The van der Waals surface area contributed by atoms with Gasteiger partial charge in [0.05, 0.1) is 17.9 Å². The predicted octanol–water partition coefficient (Wildman–Crippen LogP) is 5.79. The van der Waals surface area contributed by atoms with Crippen molar-refractivity contribution in [3.8, 4) is 11.6 Å². The Balaban J connectivity index is 1.43. The summed E-state index contributed by atoms with van der Waals surface area (Å²) in [5, 5.41) is 14.1. The second-order valence-electron chi connectivity index (χ2n) is 17.3. The summed E-state index contributed by atoms with van der Waals surface area (Å²) in [7, 11) is -4.11. The van der Waals surface area contributed by atoms with E-state index in [9.17, 15) is 36.7 Å². The van der Waals surface area contributed by atoms with Crippen LogP contribution < -0.4 is 19.5 Å². The van der Waals surface area contributed by atoms with Crippen LogP contribution in [0, 0.1) is 23.6 Å². The third-order valence-corrected chi connectivity index (χ3v) is 14.7. The average Bonchev–Trinajstić information content (AvgIpc) is 4.04. The molecule has 4 aliphatic rings. The molecule has 14 nitrogen and oxygen atoms in total. The van der Waals surface area contributed by atoms with E-state index in [0.717, 1.165) is 18.7 Å². The SMILES string of the molecule is CCOc1cc2ccnc(O[C@@H]3C[C@H]4C(=O)N[C@]5(C(=O)NS(=O)(=O)C6(C)CC6)C[C@H]5/C=C\CC[C@@H](C)C[C@@H](CC)[C@H](N(C(=O)O)C(C)(C)C(F)F)C(=O)N4C3)c2cc1F. The van der Waals surface area contributed by atoms with Crippen molar-refractivity contribution in [2.24, 2.45) is 17.8 Å². The van der Waals surface area contributed by atoms with Crippen molar-refractivity contribution < 1.29 is 55.3 Å². The molecule has 18 heteroatoms. The van der Waals surface area contributed by atoms with Gasteiger partial charge in [-0.3, -0.25) is 24.0 Å². The summed E-state index contributed by atoms with van der Waals surface area (Å²) >= 11 is 0. The van der Waals surface area contributed by atoms with Crippen molar-refractivity contribution in [1.29, 1.82) is 0 Å². The van der Waals surface area contributed by atoms with Crippen LogP contribution in [-0.2, 0) is 24.4 Å². The van der Waals surface area contributed by atoms with Gasteiger partial charge in [-0.15, -0.1) is 0 Å². The highest BCUT2D eigenvalue weighted by molar-refractivity contribution is 7.91. The number of alkyl halides is 2. The number of hydrogen-bond acceptors (Lipinski definition) is 9. The monoisotopic (exact) mass is 849 g/mol. The van der Waals surface area contributed by atoms with Gasteiger partial charge in [-0.2, -0.15) is 0 Å². The zero-order chi connectivity index (χ0) is 43.2. The lowest BCUT2D eigenvalue weighted by molar-refractivity contribution is -0.149. The highest BCUT2D eigenvalue weighted by Gasteiger charge is 2.63. The number of carboxylic acid groups (broad SMARTS) is 1. The van der Waals surface area contributed by atoms with Gasteiger partial charge in [0.15, 0.2) is 11.6 Å². The third-order valence-electron chi connectivity index (χ3n) is 12.6. The van der Waals surface area contributed by atoms with Crippen LogP contribution in [0.4, 0.5) is 18.0 Å². The minimum atomic E-state index is -4.11. The van der Waals surface area contributed by atoms with Gasteiger partial charge >= 0.3 is 6.09 Å². The summed E-state index contributed by atoms with van der Waals surface area (Å²) < 4.78 is 83.9. The molecule has 1 aromatic heterocycles. The number of aromatic nitrogens is 1. The number of sulfonamides is 1. The first-order valence-corrected chi connectivity index (χ1v) is 21.7. The Morgan fingerprint density at radius 2 is 1.90 bits per heavy atom. The molecule has 1 aromatic carbocycles. The Bertz CT molecular complexity index is 2120. The van der Waals surface area contributed by atoms with E-state index in [1.54, 1.807) is 26.0 Å². The van der Waals surface area contributed by atoms with Crippen LogP contribution in [0.2, 0.25) is 0 Å². The first-order valence-electron chi connectivity index (χ1n) is 20.2. The average molecular weight is 850 g/mol. The number of amides is 4. The number of benzene rings is 1. The molecular weight excluding hydrogens is 796 g/mol. The van der Waals surface area contributed by atoms with Crippen molar-refractivity contribution in [2.75, 3.05) is 13.2 Å². The topological polar surface area (TPSA) is 185 Å². The molecule has 0 radical (unpaired) electrons. The van der Waals surface area contributed by atoms with Crippen molar-refractivity contribution in [1.82, 2.24) is 24.8 Å². The standard InChI is InChI=1S/C41H54F3N5O9S/c1-7-24-17-23(3)11-9-10-12-26-21-41(26,37(52)47-59(55,56)40(6)14-15-40)46-33(50)30-19-27(22-48(30)35(51)32(24)49(38(53)54)39(4,5)36(43)44)58-34-28-20-29(42)31(57-8-2)18-25(28)13-16-45-34/h10,12-13,16,18,20,23-24,26-27,30,32,36H,7-9,11,14-15,17,19,21-22H2,1-6H3,(H,46,50)(H,47,52)(H,53,54)/b12-10-/t23-,24-,26-,27-,30+,32+,41-/m1/s1. The van der Waals surface area contributed by atoms with Crippen LogP contribution >= 0.6 is 0 Å². The van der Waals surface area contributed by atoms with E-state index < -0.39 is 91.9 Å². The fourth-order valence-corrected chi connectivity index (χ4v) is 9.73. The number of nitrogens with zero attached hydrogens (tertiary/aromatic N) is 3. The second kappa shape index (κ2) is 16.4. The number of allylic oxidation sites excluding steroid dienone is 1. The molecule has 2 aliphatic heterocycles. The summed E-state index contributed by atoms with van der Waals surface area (Å²) in [6, 6.07) is 1.18. The van der Waals surface area contributed by atoms with Crippen LogP contribution in [0.25, 0.3) is 10.8 Å². The fourth-order valence-electron chi connectivity index (χ4n) is 8.42. The number of hydrogen-bond donors (Lipinski definition) is 3. The molecule has 7 atom stereocenters. The van der Waals surface area contributed by atoms with Crippen LogP contribution in [-0.4, -0.2) is 106 Å². The maximum atomic E-state index is 15.2. The Hall–Kier alpha value is -4.61. The van der Waals surface area contributed by atoms with E-state index in [4.69, 9.17) is 9.47 Å². The Kier molecular flexibility index (Phi) is 12.3. The van der Waals surface area contributed by atoms with Crippen molar-refractivity contribution in [2.45, 2.75) is 133 Å². The maximum absolute atomic E-state index is 15.2. The summed E-state index contributed by atoms with van der Waals surface area (Å²) in [4.78, 5) is 62.7. The lowest BCUT2D eigenvalue weighted by Crippen LogP contribution is -2.65. The van der Waals surface area contributed by atoms with E-state index in [2.05, 4.69) is 15.0 Å². The number of rotatable bonds is 11. The van der Waals surface area contributed by atoms with Gasteiger partial charge in [-0.25, -0.2) is 31.4 Å². The molecule has 0 bridgehead atoms. The molecule has 3 fully saturated rings. The van der Waals surface area contributed by atoms with Crippen molar-refractivity contribution in [3.63, 3.8) is 0 Å². The van der Waals surface area contributed by atoms with E-state index in [-0.39, 0.29) is 61.8 Å². The summed E-state index contributed by atoms with van der Waals surface area (Å²) in [6.45, 7) is 8.87. The lowest BCUT2D eigenvalue weighted by Gasteiger charge is -2.45. The number of pyridine rings is 1. The van der Waals surface area contributed by atoms with Crippen LogP contribution in [0.1, 0.15) is 92.9 Å². The zero-order valence-electron chi connectivity index (χ0n) is 34.2. The minimum Gasteiger partial charge on any atom is -0.491 e. The molecule has 59 heavy (non-hydrogen) atoms. The summed E-state index contributed by atoms with van der Waals surface area (Å²) in [5.74, 6) is -4.85. The van der Waals surface area contributed by atoms with E-state index in [1.165, 1.54) is 25.3 Å². The maximum Gasteiger partial charge on any atom is 0.408 e. The molecule has 3 heterocycles. The molecule has 3 N–H and O–H groups in total. The van der Waals surface area contributed by atoms with Gasteiger partial charge in [0.25, 0.3) is 12.3 Å². The van der Waals surface area contributed by atoms with Crippen LogP contribution in [0.3, 0.4) is 0 Å². The predicted molar refractivity (Wildman–Crippen MR) is 211 cm³/mol. The van der Waals surface area contributed by atoms with E-state index in [1.807, 2.05) is 13.0 Å². The number of carbonyl (C=O) groups is 4. The third kappa shape index (κ3) is 8.55. The normalized spacial score (nSPS) is 29.0. The molecule has 324 valence electrons. The summed E-state index contributed by atoms with van der Waals surface area (Å²) in [5.41, 5.74) is -4.04. The van der Waals surface area contributed by atoms with E-state index >= 15 is 9.18 Å².